The number of nitrogens with one attached hydrogen (secondary N) is 2. The van der Waals surface area contributed by atoms with Gasteiger partial charge >= 0.3 is 0 Å². The molecule has 1 aromatic heterocycles. The molecule has 0 unspecified atom stereocenters. The largest absolute Gasteiger partial charge is 0.333 e. The fourth-order valence-corrected chi connectivity index (χ4v) is 2.44. The Morgan fingerprint density at radius 1 is 1.39 bits per heavy atom. The zero-order chi connectivity index (χ0) is 16.7. The monoisotopic (exact) mass is 328 g/mol. The van der Waals surface area contributed by atoms with Crippen LogP contribution in [0.1, 0.15) is 20.8 Å². The van der Waals surface area contributed by atoms with Crippen molar-refractivity contribution < 1.29 is 4.79 Å². The highest BCUT2D eigenvalue weighted by molar-refractivity contribution is 7.99. The van der Waals surface area contributed by atoms with Crippen molar-refractivity contribution in [3.63, 3.8) is 0 Å². The SMILES string of the molecule is C\C=C/C=C(C)/C(C)=N/NC(=O)CSc1nc2ccccc2[nH]1. The van der Waals surface area contributed by atoms with E-state index in [1.54, 1.807) is 0 Å². The number of fused-ring (bicyclic) bond motifs is 1. The summed E-state index contributed by atoms with van der Waals surface area (Å²) in [4.78, 5) is 19.5. The molecule has 0 atom stereocenters. The van der Waals surface area contributed by atoms with Gasteiger partial charge in [0.05, 0.1) is 22.5 Å². The number of hydrogen-bond donors (Lipinski definition) is 2. The molecule has 1 aromatic carbocycles. The Balaban J connectivity index is 1.87. The summed E-state index contributed by atoms with van der Waals surface area (Å²) in [6.45, 7) is 5.77. The molecule has 6 heteroatoms. The summed E-state index contributed by atoms with van der Waals surface area (Å²) in [5.41, 5.74) is 6.22. The van der Waals surface area contributed by atoms with E-state index >= 15 is 0 Å². The van der Waals surface area contributed by atoms with Crippen LogP contribution in [0.4, 0.5) is 0 Å². The van der Waals surface area contributed by atoms with Gasteiger partial charge in [-0.15, -0.1) is 0 Å². The lowest BCUT2D eigenvalue weighted by atomic mass is 10.2. The zero-order valence-electron chi connectivity index (χ0n) is 13.5. The van der Waals surface area contributed by atoms with Crippen molar-refractivity contribution in [3.05, 3.63) is 48.1 Å². The molecule has 2 N–H and O–H groups in total. The van der Waals surface area contributed by atoms with Crippen molar-refractivity contribution in [2.45, 2.75) is 25.9 Å². The van der Waals surface area contributed by atoms with Crippen LogP contribution in [0.15, 0.2) is 58.3 Å². The van der Waals surface area contributed by atoms with Gasteiger partial charge in [0.1, 0.15) is 0 Å². The van der Waals surface area contributed by atoms with Gasteiger partial charge in [0, 0.05) is 0 Å². The molecular weight excluding hydrogens is 308 g/mol. The molecule has 2 aromatic rings. The van der Waals surface area contributed by atoms with E-state index in [4.69, 9.17) is 0 Å². The summed E-state index contributed by atoms with van der Waals surface area (Å²) < 4.78 is 0. The summed E-state index contributed by atoms with van der Waals surface area (Å²) in [6.07, 6.45) is 5.83. The first kappa shape index (κ1) is 17.0. The molecule has 0 fully saturated rings. The minimum absolute atomic E-state index is 0.159. The maximum absolute atomic E-state index is 11.9. The van der Waals surface area contributed by atoms with Gasteiger partial charge in [0.2, 0.25) is 0 Å². The average Bonchev–Trinajstić information content (AvgIpc) is 2.98. The lowest BCUT2D eigenvalue weighted by molar-refractivity contribution is -0.118. The van der Waals surface area contributed by atoms with Crippen LogP contribution in [0.5, 0.6) is 0 Å². The Hall–Kier alpha value is -2.34. The number of aromatic nitrogens is 2. The van der Waals surface area contributed by atoms with Crippen LogP contribution < -0.4 is 5.43 Å². The van der Waals surface area contributed by atoms with Gasteiger partial charge in [-0.1, -0.05) is 42.1 Å². The molecular formula is C17H20N4OS. The van der Waals surface area contributed by atoms with E-state index in [1.165, 1.54) is 11.8 Å². The van der Waals surface area contributed by atoms with E-state index in [0.29, 0.717) is 0 Å². The fraction of sp³-hybridized carbons (Fsp3) is 0.235. The average molecular weight is 328 g/mol. The Kier molecular flexibility index (Phi) is 6.17. The minimum atomic E-state index is -0.159. The molecule has 0 spiro atoms. The van der Waals surface area contributed by atoms with Gasteiger partial charge in [0.15, 0.2) is 5.16 Å². The Labute approximate surface area is 140 Å². The number of thioether (sulfide) groups is 1. The molecule has 0 radical (unpaired) electrons. The standard InChI is InChI=1S/C17H20N4OS/c1-4-5-8-12(2)13(3)20-21-16(22)11-23-17-18-14-9-6-7-10-15(14)19-17/h4-10H,11H2,1-3H3,(H,18,19)(H,21,22)/b5-4-,12-8+,20-13+. The highest BCUT2D eigenvalue weighted by atomic mass is 32.2. The van der Waals surface area contributed by atoms with Crippen molar-refractivity contribution in [1.82, 2.24) is 15.4 Å². The number of hydrogen-bond acceptors (Lipinski definition) is 4. The first-order valence-electron chi connectivity index (χ1n) is 7.30. The third-order valence-corrected chi connectivity index (χ3v) is 4.04. The number of hydrazone groups is 1. The lowest BCUT2D eigenvalue weighted by Crippen LogP contribution is -2.21. The molecule has 0 aliphatic heterocycles. The Bertz CT molecular complexity index is 741. The van der Waals surface area contributed by atoms with Crippen molar-refractivity contribution in [3.8, 4) is 0 Å². The normalized spacial score (nSPS) is 13.0. The molecule has 0 bridgehead atoms. The molecule has 1 heterocycles. The third kappa shape index (κ3) is 5.10. The van der Waals surface area contributed by atoms with E-state index in [9.17, 15) is 4.79 Å². The Morgan fingerprint density at radius 3 is 2.91 bits per heavy atom. The van der Waals surface area contributed by atoms with Crippen LogP contribution in [0, 0.1) is 0 Å². The zero-order valence-corrected chi connectivity index (χ0v) is 14.3. The van der Waals surface area contributed by atoms with Crippen molar-refractivity contribution >= 4 is 34.4 Å². The first-order valence-corrected chi connectivity index (χ1v) is 8.29. The molecule has 1 amide bonds. The van der Waals surface area contributed by atoms with E-state index in [1.807, 2.05) is 63.3 Å². The highest BCUT2D eigenvalue weighted by Crippen LogP contribution is 2.18. The maximum atomic E-state index is 11.9. The van der Waals surface area contributed by atoms with Gasteiger partial charge in [0.25, 0.3) is 5.91 Å². The van der Waals surface area contributed by atoms with Gasteiger partial charge in [-0.25, -0.2) is 10.4 Å². The number of benzene rings is 1. The maximum Gasteiger partial charge on any atom is 0.250 e. The molecule has 23 heavy (non-hydrogen) atoms. The summed E-state index contributed by atoms with van der Waals surface area (Å²) in [6, 6.07) is 7.78. The third-order valence-electron chi connectivity index (χ3n) is 3.17. The number of allylic oxidation sites excluding steroid dienone is 4. The van der Waals surface area contributed by atoms with E-state index in [-0.39, 0.29) is 11.7 Å². The van der Waals surface area contributed by atoms with E-state index < -0.39 is 0 Å². The summed E-state index contributed by atoms with van der Waals surface area (Å²) in [5.74, 6) is 0.0995. The van der Waals surface area contributed by atoms with E-state index in [2.05, 4.69) is 20.5 Å². The second-order valence-electron chi connectivity index (χ2n) is 4.96. The number of carbonyl (C=O) groups excluding carboxylic acids is 1. The highest BCUT2D eigenvalue weighted by Gasteiger charge is 2.06. The van der Waals surface area contributed by atoms with Crippen LogP contribution >= 0.6 is 11.8 Å². The quantitative estimate of drug-likeness (QED) is 0.368. The number of imidazole rings is 1. The van der Waals surface area contributed by atoms with Crippen LogP contribution in [0.2, 0.25) is 0 Å². The van der Waals surface area contributed by atoms with Crippen LogP contribution in [-0.2, 0) is 4.79 Å². The predicted octanol–water partition coefficient (Wildman–Crippen LogP) is 3.67. The number of rotatable bonds is 6. The van der Waals surface area contributed by atoms with Crippen molar-refractivity contribution in [1.29, 1.82) is 0 Å². The fourth-order valence-electron chi connectivity index (χ4n) is 1.76. The van der Waals surface area contributed by atoms with Gasteiger partial charge < -0.3 is 4.98 Å². The number of aromatic amines is 1. The number of nitrogens with zero attached hydrogens (tertiary/aromatic N) is 2. The smallest absolute Gasteiger partial charge is 0.250 e. The van der Waals surface area contributed by atoms with Crippen LogP contribution in [0.3, 0.4) is 0 Å². The molecule has 2 rings (SSSR count). The molecule has 0 aliphatic rings. The van der Waals surface area contributed by atoms with Crippen molar-refractivity contribution in [2.24, 2.45) is 5.10 Å². The van der Waals surface area contributed by atoms with Crippen LogP contribution in [0.25, 0.3) is 11.0 Å². The second-order valence-corrected chi connectivity index (χ2v) is 5.92. The van der Waals surface area contributed by atoms with Gasteiger partial charge in [-0.3, -0.25) is 4.79 Å². The minimum Gasteiger partial charge on any atom is -0.333 e. The second kappa shape index (κ2) is 8.33. The number of amides is 1. The molecule has 0 saturated carbocycles. The lowest BCUT2D eigenvalue weighted by Gasteiger charge is -2.01. The number of H-pyrrole nitrogens is 1. The predicted molar refractivity (Wildman–Crippen MR) is 96.6 cm³/mol. The summed E-state index contributed by atoms with van der Waals surface area (Å²) in [7, 11) is 0. The number of para-hydroxylation sites is 2. The molecule has 5 nitrogen and oxygen atoms in total. The summed E-state index contributed by atoms with van der Waals surface area (Å²) in [5, 5.41) is 4.83. The van der Waals surface area contributed by atoms with Gasteiger partial charge in [-0.05, 0) is 38.5 Å². The molecule has 0 saturated heterocycles. The van der Waals surface area contributed by atoms with Gasteiger partial charge in [-0.2, -0.15) is 5.10 Å². The summed E-state index contributed by atoms with van der Waals surface area (Å²) >= 11 is 1.35. The Morgan fingerprint density at radius 2 is 2.17 bits per heavy atom. The van der Waals surface area contributed by atoms with Crippen molar-refractivity contribution in [2.75, 3.05) is 5.75 Å². The van der Waals surface area contributed by atoms with Crippen LogP contribution in [-0.4, -0.2) is 27.3 Å². The first-order chi connectivity index (χ1) is 11.1. The van der Waals surface area contributed by atoms with E-state index in [0.717, 1.165) is 27.5 Å². The molecule has 0 aliphatic carbocycles. The molecule has 120 valence electrons. The topological polar surface area (TPSA) is 70.1 Å². The number of carbonyl (C=O) groups is 1.